The summed E-state index contributed by atoms with van der Waals surface area (Å²) in [5.74, 6) is 0.694. The van der Waals surface area contributed by atoms with E-state index in [0.717, 1.165) is 0 Å². The van der Waals surface area contributed by atoms with Gasteiger partial charge >= 0.3 is 0 Å². The van der Waals surface area contributed by atoms with Crippen molar-refractivity contribution in [3.05, 3.63) is 40.3 Å². The van der Waals surface area contributed by atoms with Crippen LogP contribution >= 0.6 is 0 Å². The van der Waals surface area contributed by atoms with Crippen molar-refractivity contribution in [1.82, 2.24) is 23.7 Å². The molecular weight excluding hydrogens is 452 g/mol. The summed E-state index contributed by atoms with van der Waals surface area (Å²) in [6, 6.07) is 5.71. The molecule has 2 aliphatic heterocycles. The molecule has 2 fully saturated rings. The van der Waals surface area contributed by atoms with Crippen LogP contribution in [0.25, 0.3) is 11.5 Å². The molecule has 180 valence electrons. The molecule has 3 heterocycles. The van der Waals surface area contributed by atoms with Crippen LogP contribution in [0.4, 0.5) is 5.69 Å². The van der Waals surface area contributed by atoms with E-state index in [1.165, 1.54) is 20.7 Å². The van der Waals surface area contributed by atoms with Crippen molar-refractivity contribution in [1.29, 1.82) is 0 Å². The van der Waals surface area contributed by atoms with E-state index in [1.807, 2.05) is 20.8 Å². The van der Waals surface area contributed by atoms with E-state index in [1.54, 1.807) is 12.1 Å². The maximum absolute atomic E-state index is 13.1. The van der Waals surface area contributed by atoms with Crippen molar-refractivity contribution in [3.8, 4) is 11.5 Å². The van der Waals surface area contributed by atoms with Crippen molar-refractivity contribution >= 4 is 15.9 Å². The van der Waals surface area contributed by atoms with E-state index >= 15 is 0 Å². The van der Waals surface area contributed by atoms with Crippen LogP contribution in [0, 0.1) is 10.1 Å². The van der Waals surface area contributed by atoms with Crippen LogP contribution < -0.4 is 0 Å². The fraction of sp³-hybridized carbons (Fsp3) is 0.600. The fourth-order valence-electron chi connectivity index (χ4n) is 4.21. The number of benzene rings is 1. The summed E-state index contributed by atoms with van der Waals surface area (Å²) in [6.45, 7) is 8.22. The molecule has 33 heavy (non-hydrogen) atoms. The molecule has 3 unspecified atom stereocenters. The van der Waals surface area contributed by atoms with Gasteiger partial charge in [0.05, 0.1) is 23.2 Å². The lowest BCUT2D eigenvalue weighted by atomic mass is 10.2. The minimum absolute atomic E-state index is 0.0133. The molecule has 3 atom stereocenters. The number of nitrogens with zero attached hydrogens (tertiary/aromatic N) is 6. The van der Waals surface area contributed by atoms with Gasteiger partial charge in [0.25, 0.3) is 15.9 Å². The van der Waals surface area contributed by atoms with Gasteiger partial charge in [0, 0.05) is 57.0 Å². The van der Waals surface area contributed by atoms with E-state index in [-0.39, 0.29) is 29.8 Å². The molecule has 0 radical (unpaired) electrons. The number of ether oxygens (including phenoxy) is 1. The molecule has 12 nitrogen and oxygen atoms in total. The standard InChI is InChI=1S/C20H28N6O6S/c1-14-12-25(13-15(2)31-14)33(29,30)24-10-8-23(9-11-24)16(3)19-21-22-20(32-19)17-4-6-18(7-5-17)26(27)28/h4-7,14-16H,8-13H2,1-3H3. The number of hydrogen-bond acceptors (Lipinski definition) is 9. The molecule has 2 saturated heterocycles. The predicted molar refractivity (Wildman–Crippen MR) is 118 cm³/mol. The first-order valence-electron chi connectivity index (χ1n) is 10.9. The number of nitro groups is 1. The monoisotopic (exact) mass is 480 g/mol. The molecule has 0 aliphatic carbocycles. The molecule has 2 aliphatic rings. The second kappa shape index (κ2) is 9.43. The SMILES string of the molecule is CC1CN(S(=O)(=O)N2CCN(C(C)c3nnc(-c4ccc([N+](=O)[O-])cc4)o3)CC2)CC(C)O1. The van der Waals surface area contributed by atoms with Crippen LogP contribution in [-0.2, 0) is 14.9 Å². The quantitative estimate of drug-likeness (QED) is 0.447. The summed E-state index contributed by atoms with van der Waals surface area (Å²) in [4.78, 5) is 12.5. The molecule has 1 aromatic heterocycles. The molecule has 0 N–H and O–H groups in total. The Labute approximate surface area is 192 Å². The van der Waals surface area contributed by atoms with Crippen LogP contribution in [0.3, 0.4) is 0 Å². The first-order chi connectivity index (χ1) is 15.6. The highest BCUT2D eigenvalue weighted by Gasteiger charge is 2.37. The fourth-order valence-corrected chi connectivity index (χ4v) is 5.95. The number of hydrogen-bond donors (Lipinski definition) is 0. The van der Waals surface area contributed by atoms with Crippen LogP contribution in [0.1, 0.15) is 32.7 Å². The highest BCUT2D eigenvalue weighted by molar-refractivity contribution is 7.86. The molecule has 0 amide bonds. The highest BCUT2D eigenvalue weighted by atomic mass is 32.2. The topological polar surface area (TPSA) is 135 Å². The Morgan fingerprint density at radius 3 is 2.21 bits per heavy atom. The van der Waals surface area contributed by atoms with E-state index < -0.39 is 15.1 Å². The summed E-state index contributed by atoms with van der Waals surface area (Å²) >= 11 is 0. The van der Waals surface area contributed by atoms with Crippen molar-refractivity contribution in [2.45, 2.75) is 39.0 Å². The van der Waals surface area contributed by atoms with Crippen molar-refractivity contribution in [2.24, 2.45) is 0 Å². The van der Waals surface area contributed by atoms with E-state index in [4.69, 9.17) is 9.15 Å². The van der Waals surface area contributed by atoms with Crippen molar-refractivity contribution in [2.75, 3.05) is 39.3 Å². The molecule has 0 bridgehead atoms. The van der Waals surface area contributed by atoms with Gasteiger partial charge in [-0.25, -0.2) is 0 Å². The molecule has 1 aromatic carbocycles. The van der Waals surface area contributed by atoms with Crippen LogP contribution in [0.5, 0.6) is 0 Å². The number of morpholine rings is 1. The summed E-state index contributed by atoms with van der Waals surface area (Å²) in [5, 5.41) is 19.0. The first kappa shape index (κ1) is 23.7. The predicted octanol–water partition coefficient (Wildman–Crippen LogP) is 1.68. The summed E-state index contributed by atoms with van der Waals surface area (Å²) in [5.41, 5.74) is 0.581. The van der Waals surface area contributed by atoms with Gasteiger partial charge in [0.1, 0.15) is 0 Å². The largest absolute Gasteiger partial charge is 0.419 e. The maximum Gasteiger partial charge on any atom is 0.282 e. The zero-order valence-electron chi connectivity index (χ0n) is 18.8. The Morgan fingerprint density at radius 2 is 1.64 bits per heavy atom. The number of aromatic nitrogens is 2. The van der Waals surface area contributed by atoms with Gasteiger partial charge in [0.2, 0.25) is 11.8 Å². The highest BCUT2D eigenvalue weighted by Crippen LogP contribution is 2.27. The Balaban J connectivity index is 1.38. The first-order valence-corrected chi connectivity index (χ1v) is 12.3. The lowest BCUT2D eigenvalue weighted by molar-refractivity contribution is -0.384. The van der Waals surface area contributed by atoms with Crippen LogP contribution in [0.2, 0.25) is 0 Å². The third-order valence-corrected chi connectivity index (χ3v) is 7.95. The lowest BCUT2D eigenvalue weighted by Gasteiger charge is -2.41. The normalized spacial score (nSPS) is 24.6. The molecule has 0 saturated carbocycles. The van der Waals surface area contributed by atoms with E-state index in [9.17, 15) is 18.5 Å². The molecular formula is C20H28N6O6S. The number of rotatable bonds is 6. The van der Waals surface area contributed by atoms with Gasteiger partial charge in [-0.15, -0.1) is 10.2 Å². The maximum atomic E-state index is 13.1. The third-order valence-electron chi connectivity index (χ3n) is 5.98. The zero-order chi connectivity index (χ0) is 23.8. The van der Waals surface area contributed by atoms with E-state index in [2.05, 4.69) is 15.1 Å². The van der Waals surface area contributed by atoms with Crippen LogP contribution in [0.15, 0.2) is 28.7 Å². The van der Waals surface area contributed by atoms with Crippen molar-refractivity contribution < 1.29 is 22.5 Å². The Kier molecular flexibility index (Phi) is 6.77. The number of nitro benzene ring substituents is 1. The average molecular weight is 481 g/mol. The molecule has 0 spiro atoms. The minimum atomic E-state index is -3.55. The molecule has 4 rings (SSSR count). The smallest absolute Gasteiger partial charge is 0.282 e. The van der Waals surface area contributed by atoms with E-state index in [0.29, 0.717) is 50.7 Å². The lowest BCUT2D eigenvalue weighted by Crippen LogP contribution is -2.57. The third kappa shape index (κ3) is 5.06. The number of non-ortho nitro benzene ring substituents is 1. The van der Waals surface area contributed by atoms with Crippen LogP contribution in [-0.4, -0.2) is 88.5 Å². The number of piperazine rings is 1. The zero-order valence-corrected chi connectivity index (χ0v) is 19.6. The summed E-state index contributed by atoms with van der Waals surface area (Å²) in [7, 11) is -3.55. The minimum Gasteiger partial charge on any atom is -0.419 e. The van der Waals surface area contributed by atoms with Gasteiger partial charge in [-0.05, 0) is 32.9 Å². The summed E-state index contributed by atoms with van der Waals surface area (Å²) in [6.07, 6.45) is -0.264. The Bertz CT molecular complexity index is 1070. The van der Waals surface area contributed by atoms with Crippen molar-refractivity contribution in [3.63, 3.8) is 0 Å². The molecule has 13 heteroatoms. The second-order valence-electron chi connectivity index (χ2n) is 8.44. The average Bonchev–Trinajstić information content (AvgIpc) is 3.28. The van der Waals surface area contributed by atoms with Gasteiger partial charge in [-0.2, -0.15) is 17.0 Å². The van der Waals surface area contributed by atoms with Gasteiger partial charge in [0.15, 0.2) is 0 Å². The van der Waals surface area contributed by atoms with Gasteiger partial charge < -0.3 is 9.15 Å². The second-order valence-corrected chi connectivity index (χ2v) is 10.4. The Hall–Kier alpha value is -2.45. The van der Waals surface area contributed by atoms with Gasteiger partial charge in [-0.1, -0.05) is 0 Å². The van der Waals surface area contributed by atoms with Gasteiger partial charge in [-0.3, -0.25) is 15.0 Å². The molecule has 2 aromatic rings. The Morgan fingerprint density at radius 1 is 1.03 bits per heavy atom. The summed E-state index contributed by atoms with van der Waals surface area (Å²) < 4.78 is 40.7.